The van der Waals surface area contributed by atoms with Gasteiger partial charge in [0.1, 0.15) is 5.75 Å². The molecule has 1 fully saturated rings. The van der Waals surface area contributed by atoms with E-state index >= 15 is 4.39 Å². The highest BCUT2D eigenvalue weighted by atomic mass is 35.5. The second-order valence-corrected chi connectivity index (χ2v) is 11.3. The predicted molar refractivity (Wildman–Crippen MR) is 149 cm³/mol. The van der Waals surface area contributed by atoms with E-state index in [9.17, 15) is 9.18 Å². The summed E-state index contributed by atoms with van der Waals surface area (Å²) in [5, 5.41) is 4.45. The van der Waals surface area contributed by atoms with Gasteiger partial charge in [-0.1, -0.05) is 35.3 Å². The molecule has 2 heterocycles. The van der Waals surface area contributed by atoms with Crippen LogP contribution in [-0.2, 0) is 14.9 Å². The van der Waals surface area contributed by atoms with Gasteiger partial charge in [0.15, 0.2) is 17.2 Å². The van der Waals surface area contributed by atoms with Crippen LogP contribution in [-0.4, -0.2) is 31.4 Å². The second-order valence-electron chi connectivity index (χ2n) is 10.5. The molecule has 0 aliphatic carbocycles. The smallest absolute Gasteiger partial charge is 0.349 e. The van der Waals surface area contributed by atoms with E-state index < -0.39 is 34.7 Å². The highest BCUT2D eigenvalue weighted by molar-refractivity contribution is 6.31. The number of hydrogen-bond donors (Lipinski definition) is 1. The summed E-state index contributed by atoms with van der Waals surface area (Å²) in [7, 11) is 1.30. The lowest BCUT2D eigenvalue weighted by Gasteiger charge is -2.48. The van der Waals surface area contributed by atoms with Crippen LogP contribution in [0.2, 0.25) is 10.0 Å². The fourth-order valence-electron chi connectivity index (χ4n) is 5.93. The number of carbonyl (C=O) groups is 1. The van der Waals surface area contributed by atoms with Crippen molar-refractivity contribution in [1.29, 1.82) is 0 Å². The first-order chi connectivity index (χ1) is 18.5. The Morgan fingerprint density at radius 3 is 2.56 bits per heavy atom. The molecule has 204 valence electrons. The maximum absolute atomic E-state index is 15.6. The first-order valence-electron chi connectivity index (χ1n) is 12.6. The highest BCUT2D eigenvalue weighted by Crippen LogP contribution is 2.58. The average molecular weight is 573 g/mol. The van der Waals surface area contributed by atoms with Crippen LogP contribution in [0, 0.1) is 18.6 Å². The molecule has 2 aliphatic rings. The Kier molecular flexibility index (Phi) is 7.20. The summed E-state index contributed by atoms with van der Waals surface area (Å²) < 4.78 is 41.4. The highest BCUT2D eigenvalue weighted by Gasteiger charge is 2.54. The van der Waals surface area contributed by atoms with Crippen LogP contribution >= 0.6 is 23.2 Å². The van der Waals surface area contributed by atoms with Crippen molar-refractivity contribution in [2.24, 2.45) is 4.99 Å². The summed E-state index contributed by atoms with van der Waals surface area (Å²) in [6, 6.07) is 12.6. The number of nitrogens with one attached hydrogen (secondary N) is 1. The van der Waals surface area contributed by atoms with E-state index in [4.69, 9.17) is 37.7 Å². The number of benzene rings is 3. The third kappa shape index (κ3) is 4.60. The van der Waals surface area contributed by atoms with Crippen molar-refractivity contribution in [2.45, 2.75) is 50.2 Å². The molecule has 3 aromatic rings. The van der Waals surface area contributed by atoms with Crippen molar-refractivity contribution in [2.75, 3.05) is 13.7 Å². The molecular weight excluding hydrogens is 545 g/mol. The van der Waals surface area contributed by atoms with Crippen LogP contribution in [0.25, 0.3) is 0 Å². The maximum atomic E-state index is 15.6. The van der Waals surface area contributed by atoms with Gasteiger partial charge in [-0.3, -0.25) is 4.99 Å². The van der Waals surface area contributed by atoms with Gasteiger partial charge in [0.05, 0.1) is 24.3 Å². The van der Waals surface area contributed by atoms with Gasteiger partial charge >= 0.3 is 5.97 Å². The molecule has 0 bridgehead atoms. The zero-order chi connectivity index (χ0) is 28.1. The van der Waals surface area contributed by atoms with Gasteiger partial charge in [-0.25, -0.2) is 13.6 Å². The summed E-state index contributed by atoms with van der Waals surface area (Å²) in [6.07, 6.45) is 2.39. The van der Waals surface area contributed by atoms with Crippen molar-refractivity contribution in [1.82, 2.24) is 5.32 Å². The number of halogens is 4. The number of hydrogen-bond acceptors (Lipinski definition) is 5. The third-order valence-electron chi connectivity index (χ3n) is 7.71. The molecule has 39 heavy (non-hydrogen) atoms. The molecular formula is C30H28Cl2F2N2O3. The Morgan fingerprint density at radius 2 is 1.82 bits per heavy atom. The number of methoxy groups -OCH3 is 1. The van der Waals surface area contributed by atoms with Crippen molar-refractivity contribution >= 4 is 41.1 Å². The molecule has 1 saturated heterocycles. The molecule has 0 aromatic heterocycles. The Morgan fingerprint density at radius 1 is 1.10 bits per heavy atom. The maximum Gasteiger partial charge on any atom is 0.349 e. The fourth-order valence-corrected chi connectivity index (χ4v) is 6.28. The van der Waals surface area contributed by atoms with Crippen LogP contribution in [0.3, 0.4) is 0 Å². The third-order valence-corrected chi connectivity index (χ3v) is 8.18. The number of aryl methyl sites for hydroxylation is 1. The number of esters is 1. The topological polar surface area (TPSA) is 59.9 Å². The van der Waals surface area contributed by atoms with Crippen molar-refractivity contribution in [3.8, 4) is 5.75 Å². The summed E-state index contributed by atoms with van der Waals surface area (Å²) in [4.78, 5) is 17.2. The van der Waals surface area contributed by atoms with E-state index in [-0.39, 0.29) is 11.5 Å². The lowest BCUT2D eigenvalue weighted by atomic mass is 9.59. The minimum atomic E-state index is -1.29. The summed E-state index contributed by atoms with van der Waals surface area (Å²) in [6.45, 7) is 5.50. The van der Waals surface area contributed by atoms with Gasteiger partial charge in [0.2, 0.25) is 0 Å². The van der Waals surface area contributed by atoms with Crippen LogP contribution in [0.15, 0.2) is 53.5 Å². The van der Waals surface area contributed by atoms with E-state index in [1.54, 1.807) is 63.4 Å². The van der Waals surface area contributed by atoms with Crippen LogP contribution in [0.4, 0.5) is 14.5 Å². The fraction of sp³-hybridized carbons (Fsp3) is 0.333. The van der Waals surface area contributed by atoms with Gasteiger partial charge in [-0.15, -0.1) is 0 Å². The minimum Gasteiger partial charge on any atom is -0.476 e. The number of carbonyl (C=O) groups excluding carboxylic acids is 1. The van der Waals surface area contributed by atoms with Gasteiger partial charge < -0.3 is 14.8 Å². The average Bonchev–Trinajstić information content (AvgIpc) is 3.26. The number of ether oxygens (including phenoxy) is 2. The zero-order valence-corrected chi connectivity index (χ0v) is 23.5. The molecule has 0 saturated carbocycles. The largest absolute Gasteiger partial charge is 0.476 e. The number of aliphatic imine (C=N–C) groups is 1. The monoisotopic (exact) mass is 572 g/mol. The Balaban J connectivity index is 1.76. The molecule has 5 nitrogen and oxygen atoms in total. The SMILES string of the molecule is COC(=O)C(C)(C)Oc1ccc(Cl)cc1[C@@H]1CCN[C@H](c2c(C)ccc(F)c2F)[C@]12C=Nc1cc(Cl)ccc12. The van der Waals surface area contributed by atoms with E-state index in [1.807, 2.05) is 6.07 Å². The summed E-state index contributed by atoms with van der Waals surface area (Å²) in [5.41, 5.74) is 0.762. The Bertz CT molecular complexity index is 1490. The first kappa shape index (κ1) is 27.6. The molecule has 0 unspecified atom stereocenters. The van der Waals surface area contributed by atoms with E-state index in [0.717, 1.165) is 17.2 Å². The molecule has 2 aliphatic heterocycles. The van der Waals surface area contributed by atoms with Gasteiger partial charge in [0.25, 0.3) is 0 Å². The van der Waals surface area contributed by atoms with E-state index in [1.165, 1.54) is 7.11 Å². The molecule has 1 spiro atoms. The van der Waals surface area contributed by atoms with E-state index in [2.05, 4.69) is 5.32 Å². The van der Waals surface area contributed by atoms with E-state index in [0.29, 0.717) is 40.0 Å². The normalized spacial score (nSPS) is 22.2. The lowest BCUT2D eigenvalue weighted by molar-refractivity contribution is -0.156. The molecule has 1 N–H and O–H groups in total. The molecule has 0 radical (unpaired) electrons. The number of fused-ring (bicyclic) bond motifs is 2. The molecule has 0 amide bonds. The predicted octanol–water partition coefficient (Wildman–Crippen LogP) is 7.38. The first-order valence-corrected chi connectivity index (χ1v) is 13.3. The van der Waals surface area contributed by atoms with Gasteiger partial charge in [-0.05, 0) is 81.3 Å². The minimum absolute atomic E-state index is 0.230. The number of piperidine rings is 1. The van der Waals surface area contributed by atoms with Crippen LogP contribution in [0.1, 0.15) is 54.5 Å². The molecule has 3 aromatic carbocycles. The van der Waals surface area contributed by atoms with Gasteiger partial charge in [0, 0.05) is 33.3 Å². The second kappa shape index (κ2) is 10.2. The molecule has 5 rings (SSSR count). The summed E-state index contributed by atoms with van der Waals surface area (Å²) >= 11 is 12.8. The Hall–Kier alpha value is -3.00. The number of nitrogens with zero attached hydrogens (tertiary/aromatic N) is 1. The van der Waals surface area contributed by atoms with Crippen LogP contribution < -0.4 is 10.1 Å². The lowest BCUT2D eigenvalue weighted by Crippen LogP contribution is -2.52. The van der Waals surface area contributed by atoms with Gasteiger partial charge in [-0.2, -0.15) is 0 Å². The molecule has 3 atom stereocenters. The van der Waals surface area contributed by atoms with Crippen LogP contribution in [0.5, 0.6) is 5.75 Å². The van der Waals surface area contributed by atoms with Crippen molar-refractivity contribution in [3.63, 3.8) is 0 Å². The quantitative estimate of drug-likeness (QED) is 0.324. The van der Waals surface area contributed by atoms with Crippen molar-refractivity contribution < 1.29 is 23.0 Å². The number of rotatable bonds is 5. The summed E-state index contributed by atoms with van der Waals surface area (Å²) in [5.74, 6) is -2.28. The zero-order valence-electron chi connectivity index (χ0n) is 21.9. The molecule has 9 heteroatoms. The van der Waals surface area contributed by atoms with Crippen molar-refractivity contribution in [3.05, 3.63) is 92.5 Å². The standard InChI is InChI=1S/C30H28Cl2F2N2O3/c1-16-5-9-22(33)26(34)25(16)27-30(15-36-23-14-18(32)6-8-21(23)30)20(11-12-35-27)19-13-17(31)7-10-24(19)39-29(2,3)28(37)38-4/h5-10,13-15,20,27,35H,11-12H2,1-4H3/t20-,27+,30+/m0/s1. The Labute approximate surface area is 236 Å².